The van der Waals surface area contributed by atoms with Crippen LogP contribution in [0.1, 0.15) is 59.1 Å². The van der Waals surface area contributed by atoms with Crippen LogP contribution >= 0.6 is 35.2 Å². The Kier molecular flexibility index (Phi) is 19.0. The lowest BCUT2D eigenvalue weighted by atomic mass is 9.87. The van der Waals surface area contributed by atoms with E-state index in [2.05, 4.69) is 34.4 Å². The van der Waals surface area contributed by atoms with Crippen LogP contribution in [-0.2, 0) is 60.2 Å². The summed E-state index contributed by atoms with van der Waals surface area (Å²) in [5.74, 6) is -1.54. The average molecular weight is 924 g/mol. The highest BCUT2D eigenvalue weighted by molar-refractivity contribution is 8.13. The lowest BCUT2D eigenvalue weighted by Gasteiger charge is -2.30. The summed E-state index contributed by atoms with van der Waals surface area (Å²) in [5, 5.41) is 26.3. The Morgan fingerprint density at radius 2 is 1.69 bits per heavy atom. The average Bonchev–Trinajstić information content (AvgIpc) is 3.69. The maximum absolute atomic E-state index is 12.7. The minimum Gasteiger partial charge on any atom is -0.466 e. The molecule has 0 aliphatic carbocycles. The second-order valence-electron chi connectivity index (χ2n) is 13.4. The Balaban J connectivity index is 1.42. The zero-order valence-electron chi connectivity index (χ0n) is 31.9. The van der Waals surface area contributed by atoms with E-state index in [1.54, 1.807) is 0 Å². The molecule has 0 aromatic carbocycles. The van der Waals surface area contributed by atoms with Gasteiger partial charge in [-0.05, 0) is 19.3 Å². The molecule has 59 heavy (non-hydrogen) atoms. The van der Waals surface area contributed by atoms with Crippen LogP contribution in [0.3, 0.4) is 0 Å². The van der Waals surface area contributed by atoms with E-state index in [0.29, 0.717) is 31.6 Å². The van der Waals surface area contributed by atoms with Crippen LogP contribution in [0.5, 0.6) is 0 Å². The molecule has 1 fully saturated rings. The SMILES string of the molecule is CC(=O)OCCCCCC(=O)SCCNC(=O)CCNC(=O)[C@H](O)C(C)(C)COP(=O)(O)OP(=O)(O)OC[C@H]1O[C@@H](n2cnc3c(N)ncnc32)[C@H](O)[C@@H]1OP(=O)(O)O. The van der Waals surface area contributed by atoms with Gasteiger partial charge in [-0.25, -0.2) is 28.6 Å². The van der Waals surface area contributed by atoms with Gasteiger partial charge in [-0.15, -0.1) is 0 Å². The molecule has 30 heteroatoms. The van der Waals surface area contributed by atoms with Crippen molar-refractivity contribution >= 4 is 75.1 Å². The molecule has 1 saturated heterocycles. The van der Waals surface area contributed by atoms with Gasteiger partial charge in [0.15, 0.2) is 22.8 Å². The third kappa shape index (κ3) is 16.8. The zero-order valence-corrected chi connectivity index (χ0v) is 35.4. The molecule has 0 radical (unpaired) electrons. The van der Waals surface area contributed by atoms with Crippen molar-refractivity contribution in [1.82, 2.24) is 30.2 Å². The van der Waals surface area contributed by atoms with Gasteiger partial charge in [0.25, 0.3) is 0 Å². The molecule has 3 rings (SSSR count). The van der Waals surface area contributed by atoms with Crippen LogP contribution in [0.15, 0.2) is 12.7 Å². The zero-order chi connectivity index (χ0) is 44.2. The van der Waals surface area contributed by atoms with Gasteiger partial charge >= 0.3 is 29.4 Å². The molecule has 0 bridgehead atoms. The number of phosphoric ester groups is 3. The van der Waals surface area contributed by atoms with Crippen molar-refractivity contribution < 1.29 is 90.0 Å². The molecule has 2 unspecified atom stereocenters. The summed E-state index contributed by atoms with van der Waals surface area (Å²) in [4.78, 5) is 98.4. The number of imidazole rings is 1. The van der Waals surface area contributed by atoms with Crippen molar-refractivity contribution in [3.63, 3.8) is 0 Å². The number of aliphatic hydroxyl groups is 2. The molecule has 2 amide bonds. The molecule has 26 nitrogen and oxygen atoms in total. The maximum Gasteiger partial charge on any atom is 0.481 e. The molecular formula is C29H48N7O19P3S. The van der Waals surface area contributed by atoms with Gasteiger partial charge in [-0.3, -0.25) is 37.3 Å². The van der Waals surface area contributed by atoms with Gasteiger partial charge in [0.2, 0.25) is 11.8 Å². The van der Waals surface area contributed by atoms with Crippen LogP contribution < -0.4 is 16.4 Å². The lowest BCUT2D eigenvalue weighted by Crippen LogP contribution is -2.46. The minimum atomic E-state index is -5.58. The summed E-state index contributed by atoms with van der Waals surface area (Å²) >= 11 is 1.05. The van der Waals surface area contributed by atoms with Crippen molar-refractivity contribution in [2.24, 2.45) is 5.41 Å². The molecule has 2 aromatic rings. The Labute approximate surface area is 340 Å². The number of hydrogen-bond acceptors (Lipinski definition) is 20. The van der Waals surface area contributed by atoms with Crippen LogP contribution in [0.25, 0.3) is 11.2 Å². The standard InChI is InChI=1S/C29H48N7O19P3S/c1-17(37)50-11-6-4-5-7-20(39)59-12-10-31-19(38)8-9-32-27(42)24(41)29(2,3)14-52-58(48,49)55-57(46,47)51-13-18-23(54-56(43,44)45)22(40)28(53-18)36-16-35-21-25(30)33-15-34-26(21)36/h15-16,18,22-24,28,40-41H,4-14H2,1-3H3,(H,31,38)(H,32,42)(H,46,47)(H,48,49)(H2,30,33,34)(H2,43,44,45)/t18-,22-,23-,24+,28-/m1/s1. The molecule has 3 heterocycles. The number of carbonyl (C=O) groups excluding carboxylic acids is 4. The fourth-order valence-corrected chi connectivity index (χ4v) is 8.68. The summed E-state index contributed by atoms with van der Waals surface area (Å²) < 4.78 is 66.9. The number of carbonyl (C=O) groups is 4. The number of nitrogen functional groups attached to an aromatic ring is 1. The number of phosphoric acid groups is 3. The van der Waals surface area contributed by atoms with E-state index >= 15 is 0 Å². The van der Waals surface area contributed by atoms with Gasteiger partial charge in [-0.2, -0.15) is 4.31 Å². The predicted molar refractivity (Wildman–Crippen MR) is 202 cm³/mol. The first-order chi connectivity index (χ1) is 27.4. The Morgan fingerprint density at radius 1 is 1.00 bits per heavy atom. The first-order valence-electron chi connectivity index (χ1n) is 17.6. The van der Waals surface area contributed by atoms with Gasteiger partial charge in [0, 0.05) is 44.0 Å². The molecular weight excluding hydrogens is 875 g/mol. The third-order valence-electron chi connectivity index (χ3n) is 8.10. The number of nitrogens with two attached hydrogens (primary N) is 1. The van der Waals surface area contributed by atoms with E-state index in [1.165, 1.54) is 20.8 Å². The highest BCUT2D eigenvalue weighted by Gasteiger charge is 2.50. The van der Waals surface area contributed by atoms with Crippen LogP contribution in [0.4, 0.5) is 5.82 Å². The largest absolute Gasteiger partial charge is 0.481 e. The van der Waals surface area contributed by atoms with Crippen LogP contribution in [0.2, 0.25) is 0 Å². The quantitative estimate of drug-likeness (QED) is 0.0353. The second-order valence-corrected chi connectivity index (χ2v) is 18.8. The van der Waals surface area contributed by atoms with E-state index < -0.39 is 84.6 Å². The number of aliphatic hydroxyl groups excluding tert-OH is 2. The highest BCUT2D eigenvalue weighted by Crippen LogP contribution is 2.61. The van der Waals surface area contributed by atoms with E-state index in [4.69, 9.17) is 24.3 Å². The number of ether oxygens (including phenoxy) is 2. The number of nitrogens with one attached hydrogen (secondary N) is 2. The Bertz CT molecular complexity index is 1920. The number of amides is 2. The first kappa shape index (κ1) is 50.4. The van der Waals surface area contributed by atoms with Gasteiger partial charge < -0.3 is 55.6 Å². The summed E-state index contributed by atoms with van der Waals surface area (Å²) in [5.41, 5.74) is 4.24. The van der Waals surface area contributed by atoms with Gasteiger partial charge in [0.1, 0.15) is 36.3 Å². The number of unbranched alkanes of at least 4 members (excludes halogenated alkanes) is 2. The van der Waals surface area contributed by atoms with Crippen molar-refractivity contribution in [3.05, 3.63) is 12.7 Å². The number of esters is 1. The normalized spacial score (nSPS) is 21.0. The van der Waals surface area contributed by atoms with E-state index in [-0.39, 0.29) is 47.6 Å². The second kappa shape index (κ2) is 22.2. The van der Waals surface area contributed by atoms with Crippen molar-refractivity contribution in [3.8, 4) is 0 Å². The summed E-state index contributed by atoms with van der Waals surface area (Å²) in [6, 6.07) is 0. The molecule has 7 atom stereocenters. The summed E-state index contributed by atoms with van der Waals surface area (Å²) in [6.45, 7) is 2.03. The predicted octanol–water partition coefficient (Wildman–Crippen LogP) is -0.212. The topological polar surface area (TPSA) is 390 Å². The van der Waals surface area contributed by atoms with Crippen molar-refractivity contribution in [2.45, 2.75) is 83.5 Å². The molecule has 10 N–H and O–H groups in total. The maximum atomic E-state index is 12.7. The number of hydrogen-bond donors (Lipinski definition) is 9. The molecule has 0 saturated carbocycles. The first-order valence-corrected chi connectivity index (χ1v) is 23.1. The number of anilines is 1. The van der Waals surface area contributed by atoms with E-state index in [9.17, 15) is 62.7 Å². The number of rotatable bonds is 25. The lowest BCUT2D eigenvalue weighted by molar-refractivity contribution is -0.141. The third-order valence-corrected chi connectivity index (χ3v) is 12.1. The van der Waals surface area contributed by atoms with Gasteiger partial charge in [0.05, 0.1) is 26.1 Å². The number of thioether (sulfide) groups is 1. The summed E-state index contributed by atoms with van der Waals surface area (Å²) in [6.07, 6.45) is -4.64. The number of fused-ring (bicyclic) bond motifs is 1. The molecule has 1 aliphatic rings. The Hall–Kier alpha value is -2.97. The molecule has 1 aliphatic heterocycles. The van der Waals surface area contributed by atoms with Crippen LogP contribution in [-0.4, -0.2) is 135 Å². The molecule has 334 valence electrons. The fourth-order valence-electron chi connectivity index (χ4n) is 5.13. The molecule has 0 spiro atoms. The van der Waals surface area contributed by atoms with E-state index in [0.717, 1.165) is 35.4 Å². The van der Waals surface area contributed by atoms with E-state index in [1.807, 2.05) is 0 Å². The van der Waals surface area contributed by atoms with Crippen molar-refractivity contribution in [2.75, 3.05) is 44.4 Å². The van der Waals surface area contributed by atoms with Crippen molar-refractivity contribution in [1.29, 1.82) is 0 Å². The van der Waals surface area contributed by atoms with Crippen LogP contribution in [0, 0.1) is 5.41 Å². The Morgan fingerprint density at radius 3 is 2.37 bits per heavy atom. The minimum absolute atomic E-state index is 0.0251. The highest BCUT2D eigenvalue weighted by atomic mass is 32.2. The number of nitrogens with zero attached hydrogens (tertiary/aromatic N) is 4. The fraction of sp³-hybridized carbons (Fsp3) is 0.690. The summed E-state index contributed by atoms with van der Waals surface area (Å²) in [7, 11) is -16.4. The number of aromatic nitrogens is 4. The monoisotopic (exact) mass is 923 g/mol. The van der Waals surface area contributed by atoms with Gasteiger partial charge in [-0.1, -0.05) is 25.6 Å². The molecule has 2 aromatic heterocycles. The smallest absolute Gasteiger partial charge is 0.466 e.